The number of H-pyrrole nitrogens is 1. The normalized spacial score (nSPS) is 23.8. The van der Waals surface area contributed by atoms with E-state index in [1.165, 1.54) is 5.56 Å². The van der Waals surface area contributed by atoms with Crippen LogP contribution in [0.2, 0.25) is 0 Å². The Kier molecular flexibility index (Phi) is 4.28. The van der Waals surface area contributed by atoms with Crippen LogP contribution in [0.3, 0.4) is 0 Å². The van der Waals surface area contributed by atoms with E-state index in [1.807, 2.05) is 24.0 Å². The molecule has 1 fully saturated rings. The van der Waals surface area contributed by atoms with Crippen molar-refractivity contribution in [2.24, 2.45) is 0 Å². The topological polar surface area (TPSA) is 71.1 Å². The van der Waals surface area contributed by atoms with Crippen molar-refractivity contribution in [2.45, 2.75) is 24.7 Å². The van der Waals surface area contributed by atoms with Crippen LogP contribution in [0.5, 0.6) is 0 Å². The molecule has 1 amide bonds. The number of aryl methyl sites for hydroxylation is 2. The third-order valence-electron chi connectivity index (χ3n) is 4.50. The van der Waals surface area contributed by atoms with Crippen molar-refractivity contribution in [3.05, 3.63) is 47.0 Å². The van der Waals surface area contributed by atoms with Crippen molar-refractivity contribution in [3.8, 4) is 0 Å². The fraction of sp³-hybridized carbons (Fsp3) is 0.471. The molecule has 126 valence electrons. The molecule has 0 unspecified atom stereocenters. The molecule has 0 spiro atoms. The van der Waals surface area contributed by atoms with E-state index in [4.69, 9.17) is 4.74 Å². The Morgan fingerprint density at radius 1 is 1.42 bits per heavy atom. The first-order valence-electron chi connectivity index (χ1n) is 8.21. The molecule has 1 N–H and O–H groups in total. The fourth-order valence-corrected chi connectivity index (χ4v) is 4.55. The summed E-state index contributed by atoms with van der Waals surface area (Å²) in [6, 6.07) is 8.28. The van der Waals surface area contributed by atoms with Gasteiger partial charge in [-0.2, -0.15) is 5.10 Å². The maximum absolute atomic E-state index is 13.1. The highest BCUT2D eigenvalue weighted by Crippen LogP contribution is 2.38. The lowest BCUT2D eigenvalue weighted by atomic mass is 10.0. The first-order chi connectivity index (χ1) is 11.7. The van der Waals surface area contributed by atoms with Gasteiger partial charge in [-0.15, -0.1) is 11.8 Å². The fourth-order valence-electron chi connectivity index (χ4n) is 3.27. The van der Waals surface area contributed by atoms with Crippen LogP contribution in [0.15, 0.2) is 24.3 Å². The van der Waals surface area contributed by atoms with Crippen molar-refractivity contribution >= 4 is 17.7 Å². The van der Waals surface area contributed by atoms with E-state index in [1.54, 1.807) is 11.8 Å². The minimum absolute atomic E-state index is 0.109. The molecule has 4 rings (SSSR count). The highest BCUT2D eigenvalue weighted by Gasteiger charge is 2.34. The molecule has 0 radical (unpaired) electrons. The number of morpholine rings is 1. The third-order valence-corrected chi connectivity index (χ3v) is 5.73. The third kappa shape index (κ3) is 2.93. The highest BCUT2D eigenvalue weighted by molar-refractivity contribution is 8.00. The van der Waals surface area contributed by atoms with Gasteiger partial charge in [-0.3, -0.25) is 9.89 Å². The van der Waals surface area contributed by atoms with Gasteiger partial charge in [0.05, 0.1) is 13.2 Å². The lowest BCUT2D eigenvalue weighted by Gasteiger charge is -2.35. The summed E-state index contributed by atoms with van der Waals surface area (Å²) < 4.78 is 5.77. The SMILES string of the molecule is Cc1nc([C@H]2CN(C(=O)[C@@H]3SCCc4ccccc43)CCO2)n[nH]1. The van der Waals surface area contributed by atoms with Crippen LogP contribution >= 0.6 is 11.8 Å². The number of benzene rings is 1. The number of hydrogen-bond donors (Lipinski definition) is 1. The molecule has 3 heterocycles. The highest BCUT2D eigenvalue weighted by atomic mass is 32.2. The molecule has 0 bridgehead atoms. The minimum Gasteiger partial charge on any atom is -0.366 e. The Labute approximate surface area is 145 Å². The minimum atomic E-state index is -0.253. The Morgan fingerprint density at radius 2 is 2.29 bits per heavy atom. The molecule has 2 atom stereocenters. The molecule has 7 heteroatoms. The number of aromatic amines is 1. The number of nitrogens with zero attached hydrogens (tertiary/aromatic N) is 3. The molecule has 1 aromatic carbocycles. The maximum Gasteiger partial charge on any atom is 0.240 e. The summed E-state index contributed by atoms with van der Waals surface area (Å²) in [5.41, 5.74) is 2.46. The predicted molar refractivity (Wildman–Crippen MR) is 91.7 cm³/mol. The van der Waals surface area contributed by atoms with E-state index in [2.05, 4.69) is 27.3 Å². The molecular weight excluding hydrogens is 324 g/mol. The molecule has 1 saturated heterocycles. The summed E-state index contributed by atoms with van der Waals surface area (Å²) in [5, 5.41) is 6.91. The Bertz CT molecular complexity index is 748. The standard InChI is InChI=1S/C17H20N4O2S/c1-11-18-16(20-19-11)14-10-21(7-8-23-14)17(22)15-13-5-3-2-4-12(13)6-9-24-15/h2-5,14-15H,6-10H2,1H3,(H,18,19,20)/t14-,15-/m1/s1. The lowest BCUT2D eigenvalue weighted by molar-refractivity contribution is -0.138. The summed E-state index contributed by atoms with van der Waals surface area (Å²) in [7, 11) is 0. The number of thioether (sulfide) groups is 1. The molecule has 24 heavy (non-hydrogen) atoms. The van der Waals surface area contributed by atoms with Crippen molar-refractivity contribution in [1.29, 1.82) is 0 Å². The van der Waals surface area contributed by atoms with Gasteiger partial charge in [-0.1, -0.05) is 24.3 Å². The Balaban J connectivity index is 1.52. The quantitative estimate of drug-likeness (QED) is 0.903. The smallest absolute Gasteiger partial charge is 0.240 e. The van der Waals surface area contributed by atoms with Crippen LogP contribution < -0.4 is 0 Å². The first kappa shape index (κ1) is 15.7. The summed E-state index contributed by atoms with van der Waals surface area (Å²) in [4.78, 5) is 19.3. The summed E-state index contributed by atoms with van der Waals surface area (Å²) >= 11 is 1.74. The van der Waals surface area contributed by atoms with Crippen LogP contribution in [-0.2, 0) is 16.0 Å². The van der Waals surface area contributed by atoms with Crippen molar-refractivity contribution in [2.75, 3.05) is 25.4 Å². The van der Waals surface area contributed by atoms with Gasteiger partial charge in [-0.25, -0.2) is 4.98 Å². The molecule has 1 aromatic heterocycles. The average Bonchev–Trinajstić information content (AvgIpc) is 3.07. The van der Waals surface area contributed by atoms with Crippen LogP contribution in [0, 0.1) is 6.92 Å². The number of fused-ring (bicyclic) bond motifs is 1. The number of aromatic nitrogens is 3. The summed E-state index contributed by atoms with van der Waals surface area (Å²) in [5.74, 6) is 2.55. The van der Waals surface area contributed by atoms with Gasteiger partial charge in [0.1, 0.15) is 17.2 Å². The zero-order valence-electron chi connectivity index (χ0n) is 13.6. The van der Waals surface area contributed by atoms with Crippen LogP contribution in [-0.4, -0.2) is 51.4 Å². The molecule has 0 saturated carbocycles. The van der Waals surface area contributed by atoms with Gasteiger partial charge in [0.25, 0.3) is 0 Å². The molecule has 2 aliphatic heterocycles. The van der Waals surface area contributed by atoms with Gasteiger partial charge in [0.15, 0.2) is 5.82 Å². The number of carbonyl (C=O) groups is 1. The van der Waals surface area contributed by atoms with E-state index in [0.29, 0.717) is 25.5 Å². The Morgan fingerprint density at radius 3 is 3.12 bits per heavy atom. The zero-order valence-corrected chi connectivity index (χ0v) is 14.4. The number of nitrogens with one attached hydrogen (secondary N) is 1. The molecule has 0 aliphatic carbocycles. The molecule has 2 aromatic rings. The number of hydrogen-bond acceptors (Lipinski definition) is 5. The molecular formula is C17H20N4O2S. The monoisotopic (exact) mass is 344 g/mol. The van der Waals surface area contributed by atoms with Crippen molar-refractivity contribution < 1.29 is 9.53 Å². The average molecular weight is 344 g/mol. The van der Waals surface area contributed by atoms with E-state index in [0.717, 1.165) is 23.6 Å². The second kappa shape index (κ2) is 6.57. The summed E-state index contributed by atoms with van der Waals surface area (Å²) in [6.07, 6.45) is 0.781. The van der Waals surface area contributed by atoms with Gasteiger partial charge in [-0.05, 0) is 30.2 Å². The Hall–Kier alpha value is -1.86. The molecule has 2 aliphatic rings. The van der Waals surface area contributed by atoms with E-state index >= 15 is 0 Å². The maximum atomic E-state index is 13.1. The second-order valence-electron chi connectivity index (χ2n) is 6.12. The number of rotatable bonds is 2. The van der Waals surface area contributed by atoms with Crippen LogP contribution in [0.1, 0.15) is 34.1 Å². The zero-order chi connectivity index (χ0) is 16.5. The first-order valence-corrected chi connectivity index (χ1v) is 9.26. The van der Waals surface area contributed by atoms with Gasteiger partial charge >= 0.3 is 0 Å². The number of ether oxygens (including phenoxy) is 1. The van der Waals surface area contributed by atoms with E-state index < -0.39 is 0 Å². The van der Waals surface area contributed by atoms with Crippen molar-refractivity contribution in [1.82, 2.24) is 20.1 Å². The lowest BCUT2D eigenvalue weighted by Crippen LogP contribution is -2.44. The number of carbonyl (C=O) groups excluding carboxylic acids is 1. The molecule has 6 nitrogen and oxygen atoms in total. The summed E-state index contributed by atoms with van der Waals surface area (Å²) in [6.45, 7) is 3.51. The van der Waals surface area contributed by atoms with Crippen LogP contribution in [0.25, 0.3) is 0 Å². The van der Waals surface area contributed by atoms with E-state index in [-0.39, 0.29) is 17.3 Å². The largest absolute Gasteiger partial charge is 0.366 e. The second-order valence-corrected chi connectivity index (χ2v) is 7.34. The van der Waals surface area contributed by atoms with Crippen LogP contribution in [0.4, 0.5) is 0 Å². The van der Waals surface area contributed by atoms with Gasteiger partial charge < -0.3 is 9.64 Å². The van der Waals surface area contributed by atoms with Crippen molar-refractivity contribution in [3.63, 3.8) is 0 Å². The van der Waals surface area contributed by atoms with Gasteiger partial charge in [0, 0.05) is 6.54 Å². The number of amides is 1. The van der Waals surface area contributed by atoms with E-state index in [9.17, 15) is 4.79 Å². The predicted octanol–water partition coefficient (Wildman–Crippen LogP) is 2.04. The van der Waals surface area contributed by atoms with Gasteiger partial charge in [0.2, 0.25) is 5.91 Å².